The number of aryl methyl sites for hydroxylation is 2. The SMILES string of the molecule is CCCNCCNc1nc2c(cc1C(N)=O)CCCC2. The number of aromatic nitrogens is 1. The maximum atomic E-state index is 11.6. The van der Waals surface area contributed by atoms with Crippen LogP contribution < -0.4 is 16.4 Å². The highest BCUT2D eigenvalue weighted by atomic mass is 16.1. The minimum atomic E-state index is -0.408. The van der Waals surface area contributed by atoms with E-state index < -0.39 is 5.91 Å². The highest BCUT2D eigenvalue weighted by Crippen LogP contribution is 2.24. The van der Waals surface area contributed by atoms with Gasteiger partial charge in [-0.25, -0.2) is 4.98 Å². The topological polar surface area (TPSA) is 80.0 Å². The molecule has 1 aromatic rings. The van der Waals surface area contributed by atoms with E-state index in [1.165, 1.54) is 18.4 Å². The van der Waals surface area contributed by atoms with E-state index in [0.717, 1.165) is 44.6 Å². The molecule has 0 spiro atoms. The summed E-state index contributed by atoms with van der Waals surface area (Å²) < 4.78 is 0. The van der Waals surface area contributed by atoms with Crippen molar-refractivity contribution in [1.82, 2.24) is 10.3 Å². The summed E-state index contributed by atoms with van der Waals surface area (Å²) in [7, 11) is 0. The smallest absolute Gasteiger partial charge is 0.252 e. The molecule has 0 fully saturated rings. The summed E-state index contributed by atoms with van der Waals surface area (Å²) in [4.78, 5) is 16.2. The fourth-order valence-corrected chi connectivity index (χ4v) is 2.53. The van der Waals surface area contributed by atoms with Crippen LogP contribution in [-0.2, 0) is 12.8 Å². The maximum absolute atomic E-state index is 11.6. The van der Waals surface area contributed by atoms with E-state index in [-0.39, 0.29) is 0 Å². The zero-order chi connectivity index (χ0) is 14.4. The Kier molecular flexibility index (Phi) is 5.35. The molecule has 1 aliphatic carbocycles. The van der Waals surface area contributed by atoms with Gasteiger partial charge in [-0.3, -0.25) is 4.79 Å². The average molecular weight is 276 g/mol. The van der Waals surface area contributed by atoms with Gasteiger partial charge >= 0.3 is 0 Å². The first-order valence-electron chi connectivity index (χ1n) is 7.49. The van der Waals surface area contributed by atoms with Gasteiger partial charge in [0.2, 0.25) is 0 Å². The zero-order valence-electron chi connectivity index (χ0n) is 12.2. The Bertz CT molecular complexity index is 473. The van der Waals surface area contributed by atoms with Gasteiger partial charge < -0.3 is 16.4 Å². The lowest BCUT2D eigenvalue weighted by Gasteiger charge is -2.18. The van der Waals surface area contributed by atoms with Gasteiger partial charge in [0.1, 0.15) is 5.82 Å². The first-order valence-corrected chi connectivity index (χ1v) is 7.49. The predicted octanol–water partition coefficient (Wildman–Crippen LogP) is 1.47. The molecule has 0 bridgehead atoms. The lowest BCUT2D eigenvalue weighted by molar-refractivity contribution is 0.100. The standard InChI is InChI=1S/C15H24N4O/c1-2-7-17-8-9-18-15-12(14(16)20)10-11-5-3-4-6-13(11)19-15/h10,17H,2-9H2,1H3,(H2,16,20)(H,18,19). The second kappa shape index (κ2) is 7.24. The van der Waals surface area contributed by atoms with Crippen LogP contribution in [0.3, 0.4) is 0 Å². The molecule has 0 unspecified atom stereocenters. The Morgan fingerprint density at radius 2 is 2.10 bits per heavy atom. The van der Waals surface area contributed by atoms with Crippen molar-refractivity contribution >= 4 is 11.7 Å². The van der Waals surface area contributed by atoms with Crippen LogP contribution in [-0.4, -0.2) is 30.5 Å². The Labute approximate surface area is 120 Å². The van der Waals surface area contributed by atoms with Crippen molar-refractivity contribution in [2.75, 3.05) is 25.0 Å². The summed E-state index contributed by atoms with van der Waals surface area (Å²) in [6.45, 7) is 4.73. The Balaban J connectivity index is 2.07. The fourth-order valence-electron chi connectivity index (χ4n) is 2.53. The predicted molar refractivity (Wildman–Crippen MR) is 81.0 cm³/mol. The van der Waals surface area contributed by atoms with E-state index in [1.54, 1.807) is 0 Å². The quantitative estimate of drug-likeness (QED) is 0.659. The molecule has 0 aliphatic heterocycles. The molecule has 1 amide bonds. The molecule has 5 nitrogen and oxygen atoms in total. The molecule has 20 heavy (non-hydrogen) atoms. The molecule has 0 saturated heterocycles. The number of hydrogen-bond donors (Lipinski definition) is 3. The van der Waals surface area contributed by atoms with Crippen molar-refractivity contribution in [3.8, 4) is 0 Å². The molecule has 1 heterocycles. The van der Waals surface area contributed by atoms with Crippen molar-refractivity contribution in [3.63, 3.8) is 0 Å². The fraction of sp³-hybridized carbons (Fsp3) is 0.600. The van der Waals surface area contributed by atoms with Crippen LogP contribution in [0.2, 0.25) is 0 Å². The van der Waals surface area contributed by atoms with Crippen molar-refractivity contribution in [3.05, 3.63) is 22.9 Å². The minimum absolute atomic E-state index is 0.408. The molecule has 0 saturated carbocycles. The van der Waals surface area contributed by atoms with Crippen LogP contribution in [0.1, 0.15) is 47.8 Å². The maximum Gasteiger partial charge on any atom is 0.252 e. The van der Waals surface area contributed by atoms with Crippen molar-refractivity contribution < 1.29 is 4.79 Å². The van der Waals surface area contributed by atoms with E-state index in [9.17, 15) is 4.79 Å². The van der Waals surface area contributed by atoms with Gasteiger partial charge in [0.15, 0.2) is 0 Å². The number of carbonyl (C=O) groups is 1. The molecule has 0 aromatic carbocycles. The monoisotopic (exact) mass is 276 g/mol. The first-order chi connectivity index (χ1) is 9.72. The number of anilines is 1. The largest absolute Gasteiger partial charge is 0.368 e. The van der Waals surface area contributed by atoms with Crippen molar-refractivity contribution in [1.29, 1.82) is 0 Å². The molecule has 2 rings (SSSR count). The summed E-state index contributed by atoms with van der Waals surface area (Å²) in [5, 5.41) is 6.54. The minimum Gasteiger partial charge on any atom is -0.368 e. The van der Waals surface area contributed by atoms with E-state index >= 15 is 0 Å². The van der Waals surface area contributed by atoms with Crippen LogP contribution in [0.25, 0.3) is 0 Å². The summed E-state index contributed by atoms with van der Waals surface area (Å²) in [5.41, 5.74) is 8.28. The number of nitrogens with one attached hydrogen (secondary N) is 2. The third-order valence-corrected chi connectivity index (χ3v) is 3.59. The number of nitrogens with zero attached hydrogens (tertiary/aromatic N) is 1. The third kappa shape index (κ3) is 3.70. The van der Waals surface area contributed by atoms with E-state index in [2.05, 4.69) is 22.5 Å². The van der Waals surface area contributed by atoms with Crippen LogP contribution >= 0.6 is 0 Å². The lowest BCUT2D eigenvalue weighted by atomic mass is 9.94. The summed E-state index contributed by atoms with van der Waals surface area (Å²) >= 11 is 0. The van der Waals surface area contributed by atoms with Crippen molar-refractivity contribution in [2.24, 2.45) is 5.73 Å². The van der Waals surface area contributed by atoms with Gasteiger partial charge in [-0.15, -0.1) is 0 Å². The molecule has 5 heteroatoms. The van der Waals surface area contributed by atoms with Gasteiger partial charge in [0.25, 0.3) is 5.91 Å². The molecular formula is C15H24N4O. The number of fused-ring (bicyclic) bond motifs is 1. The Hall–Kier alpha value is -1.62. The highest BCUT2D eigenvalue weighted by molar-refractivity contribution is 5.97. The van der Waals surface area contributed by atoms with Crippen LogP contribution in [0, 0.1) is 0 Å². The summed E-state index contributed by atoms with van der Waals surface area (Å²) in [6, 6.07) is 1.92. The molecule has 1 aromatic heterocycles. The van der Waals surface area contributed by atoms with Gasteiger partial charge in [0, 0.05) is 18.8 Å². The number of primary amides is 1. The number of amides is 1. The molecule has 110 valence electrons. The number of rotatable bonds is 7. The Morgan fingerprint density at radius 3 is 2.85 bits per heavy atom. The Morgan fingerprint density at radius 1 is 1.30 bits per heavy atom. The van der Waals surface area contributed by atoms with Crippen molar-refractivity contribution in [2.45, 2.75) is 39.0 Å². The number of hydrogen-bond acceptors (Lipinski definition) is 4. The van der Waals surface area contributed by atoms with E-state index in [1.807, 2.05) is 6.07 Å². The van der Waals surface area contributed by atoms with Gasteiger partial charge in [0.05, 0.1) is 5.56 Å². The molecule has 1 aliphatic rings. The average Bonchev–Trinajstić information content (AvgIpc) is 2.46. The molecule has 0 radical (unpaired) electrons. The molecular weight excluding hydrogens is 252 g/mol. The number of carbonyl (C=O) groups excluding carboxylic acids is 1. The van der Waals surface area contributed by atoms with Crippen LogP contribution in [0.4, 0.5) is 5.82 Å². The lowest BCUT2D eigenvalue weighted by Crippen LogP contribution is -2.25. The summed E-state index contributed by atoms with van der Waals surface area (Å²) in [6.07, 6.45) is 5.45. The first kappa shape index (κ1) is 14.8. The number of nitrogens with two attached hydrogens (primary N) is 1. The van der Waals surface area contributed by atoms with Crippen LogP contribution in [0.15, 0.2) is 6.07 Å². The number of pyridine rings is 1. The van der Waals surface area contributed by atoms with Crippen LogP contribution in [0.5, 0.6) is 0 Å². The normalized spacial score (nSPS) is 13.8. The van der Waals surface area contributed by atoms with E-state index in [4.69, 9.17) is 5.73 Å². The van der Waals surface area contributed by atoms with Gasteiger partial charge in [-0.2, -0.15) is 0 Å². The third-order valence-electron chi connectivity index (χ3n) is 3.59. The molecule has 4 N–H and O–H groups in total. The van der Waals surface area contributed by atoms with Gasteiger partial charge in [-0.05, 0) is 50.3 Å². The van der Waals surface area contributed by atoms with Gasteiger partial charge in [-0.1, -0.05) is 6.92 Å². The summed E-state index contributed by atoms with van der Waals surface area (Å²) in [5.74, 6) is 0.228. The molecule has 0 atom stereocenters. The highest BCUT2D eigenvalue weighted by Gasteiger charge is 2.17. The second-order valence-corrected chi connectivity index (χ2v) is 5.24. The second-order valence-electron chi connectivity index (χ2n) is 5.24. The zero-order valence-corrected chi connectivity index (χ0v) is 12.2. The van der Waals surface area contributed by atoms with E-state index in [0.29, 0.717) is 11.4 Å².